The van der Waals surface area contributed by atoms with E-state index in [2.05, 4.69) is 39.8 Å². The molecule has 2 aromatic rings. The van der Waals surface area contributed by atoms with Gasteiger partial charge < -0.3 is 10.6 Å². The van der Waals surface area contributed by atoms with E-state index in [0.717, 1.165) is 23.2 Å². The van der Waals surface area contributed by atoms with Crippen LogP contribution in [0.2, 0.25) is 0 Å². The zero-order chi connectivity index (χ0) is 21.3. The molecular weight excluding hydrogens is 374 g/mol. The third-order valence-corrected chi connectivity index (χ3v) is 5.61. The van der Waals surface area contributed by atoms with Gasteiger partial charge in [0.25, 0.3) is 0 Å². The first-order valence-corrected chi connectivity index (χ1v) is 10.9. The molecule has 160 valence electrons. The summed E-state index contributed by atoms with van der Waals surface area (Å²) in [5, 5.41) is 5.87. The number of amides is 2. The van der Waals surface area contributed by atoms with Crippen LogP contribution in [0.15, 0.2) is 48.5 Å². The lowest BCUT2D eigenvalue weighted by atomic mass is 10.0. The van der Waals surface area contributed by atoms with Crippen LogP contribution in [0.5, 0.6) is 0 Å². The Balaban J connectivity index is 1.50. The van der Waals surface area contributed by atoms with Gasteiger partial charge in [0, 0.05) is 20.0 Å². The first-order chi connectivity index (χ1) is 14.5. The molecule has 3 rings (SSSR count). The first kappa shape index (κ1) is 22.0. The minimum absolute atomic E-state index is 0.0771. The fourth-order valence-electron chi connectivity index (χ4n) is 3.89. The summed E-state index contributed by atoms with van der Waals surface area (Å²) in [7, 11) is 0. The second-order valence-corrected chi connectivity index (χ2v) is 8.30. The molecule has 0 aliphatic carbocycles. The molecule has 1 aliphatic heterocycles. The number of piperidine rings is 1. The van der Waals surface area contributed by atoms with Crippen molar-refractivity contribution in [2.45, 2.75) is 58.7 Å². The van der Waals surface area contributed by atoms with Gasteiger partial charge in [-0.15, -0.1) is 0 Å². The molecule has 2 amide bonds. The SMILES string of the molecule is CC(=O)NC(CC(=O)NCc1ccc(CN2CCCCC2)cc1)c1ccc(C)cc1. The highest BCUT2D eigenvalue weighted by Gasteiger charge is 2.17. The van der Waals surface area contributed by atoms with Gasteiger partial charge in [0.1, 0.15) is 0 Å². The predicted octanol–water partition coefficient (Wildman–Crippen LogP) is 3.86. The van der Waals surface area contributed by atoms with Crippen molar-refractivity contribution >= 4 is 11.8 Å². The van der Waals surface area contributed by atoms with Crippen LogP contribution in [0, 0.1) is 6.92 Å². The second kappa shape index (κ2) is 10.9. The zero-order valence-electron chi connectivity index (χ0n) is 18.1. The Morgan fingerprint density at radius 1 is 0.933 bits per heavy atom. The molecule has 0 spiro atoms. The Hall–Kier alpha value is -2.66. The molecule has 2 aromatic carbocycles. The fraction of sp³-hybridized carbons (Fsp3) is 0.440. The Kier molecular flexibility index (Phi) is 8.03. The van der Waals surface area contributed by atoms with Gasteiger partial charge in [-0.05, 0) is 49.5 Å². The summed E-state index contributed by atoms with van der Waals surface area (Å²) in [5.74, 6) is -0.218. The van der Waals surface area contributed by atoms with Gasteiger partial charge >= 0.3 is 0 Å². The molecular formula is C25H33N3O2. The number of carbonyl (C=O) groups excluding carboxylic acids is 2. The van der Waals surface area contributed by atoms with Crippen LogP contribution < -0.4 is 10.6 Å². The minimum atomic E-state index is -0.324. The number of rotatable bonds is 8. The summed E-state index contributed by atoms with van der Waals surface area (Å²) in [5.41, 5.74) is 4.48. The van der Waals surface area contributed by atoms with Crippen LogP contribution in [0.4, 0.5) is 0 Å². The highest BCUT2D eigenvalue weighted by Crippen LogP contribution is 2.18. The quantitative estimate of drug-likeness (QED) is 0.698. The highest BCUT2D eigenvalue weighted by atomic mass is 16.2. The van der Waals surface area contributed by atoms with E-state index >= 15 is 0 Å². The summed E-state index contributed by atoms with van der Waals surface area (Å²) < 4.78 is 0. The number of likely N-dealkylation sites (tertiary alicyclic amines) is 1. The van der Waals surface area contributed by atoms with Crippen molar-refractivity contribution in [3.8, 4) is 0 Å². The standard InChI is InChI=1S/C25H33N3O2/c1-19-6-12-23(13-7-19)24(27-20(2)29)16-25(30)26-17-21-8-10-22(11-9-21)18-28-14-4-3-5-15-28/h6-13,24H,3-5,14-18H2,1-2H3,(H,26,30)(H,27,29). The van der Waals surface area contributed by atoms with E-state index in [1.807, 2.05) is 31.2 Å². The maximum absolute atomic E-state index is 12.5. The molecule has 0 radical (unpaired) electrons. The van der Waals surface area contributed by atoms with Gasteiger partial charge in [-0.2, -0.15) is 0 Å². The number of hydrogen-bond acceptors (Lipinski definition) is 3. The van der Waals surface area contributed by atoms with Gasteiger partial charge in [0.05, 0.1) is 12.5 Å². The molecule has 5 heteroatoms. The molecule has 1 saturated heterocycles. The highest BCUT2D eigenvalue weighted by molar-refractivity contribution is 5.79. The average molecular weight is 408 g/mol. The van der Waals surface area contributed by atoms with Gasteiger partial charge in [0.2, 0.25) is 11.8 Å². The zero-order valence-corrected chi connectivity index (χ0v) is 18.1. The third kappa shape index (κ3) is 6.99. The molecule has 1 aliphatic rings. The molecule has 0 bridgehead atoms. The molecule has 5 nitrogen and oxygen atoms in total. The predicted molar refractivity (Wildman–Crippen MR) is 120 cm³/mol. The van der Waals surface area contributed by atoms with Crippen LogP contribution in [-0.4, -0.2) is 29.8 Å². The lowest BCUT2D eigenvalue weighted by Crippen LogP contribution is -2.32. The molecule has 1 unspecified atom stereocenters. The Morgan fingerprint density at radius 3 is 2.20 bits per heavy atom. The van der Waals surface area contributed by atoms with Gasteiger partial charge in [-0.25, -0.2) is 0 Å². The molecule has 1 atom stereocenters. The summed E-state index contributed by atoms with van der Waals surface area (Å²) in [4.78, 5) is 26.6. The lowest BCUT2D eigenvalue weighted by molar-refractivity contribution is -0.122. The van der Waals surface area contributed by atoms with Crippen molar-refractivity contribution in [3.05, 3.63) is 70.8 Å². The van der Waals surface area contributed by atoms with Crippen molar-refractivity contribution in [1.82, 2.24) is 15.5 Å². The van der Waals surface area contributed by atoms with E-state index in [1.54, 1.807) is 0 Å². The van der Waals surface area contributed by atoms with Crippen molar-refractivity contribution in [2.24, 2.45) is 0 Å². The van der Waals surface area contributed by atoms with E-state index in [4.69, 9.17) is 0 Å². The monoisotopic (exact) mass is 407 g/mol. The Bertz CT molecular complexity index is 824. The van der Waals surface area contributed by atoms with E-state index < -0.39 is 0 Å². The number of hydrogen-bond donors (Lipinski definition) is 2. The van der Waals surface area contributed by atoms with E-state index in [9.17, 15) is 9.59 Å². The van der Waals surface area contributed by atoms with E-state index in [1.165, 1.54) is 44.8 Å². The number of aryl methyl sites for hydroxylation is 1. The average Bonchev–Trinajstić information content (AvgIpc) is 2.74. The molecule has 0 aromatic heterocycles. The first-order valence-electron chi connectivity index (χ1n) is 10.9. The summed E-state index contributed by atoms with van der Waals surface area (Å²) in [6.07, 6.45) is 4.16. The molecule has 30 heavy (non-hydrogen) atoms. The summed E-state index contributed by atoms with van der Waals surface area (Å²) >= 11 is 0. The molecule has 1 heterocycles. The summed E-state index contributed by atoms with van der Waals surface area (Å²) in [6.45, 7) is 7.36. The van der Waals surface area contributed by atoms with Crippen molar-refractivity contribution < 1.29 is 9.59 Å². The van der Waals surface area contributed by atoms with Crippen LogP contribution in [0.1, 0.15) is 60.9 Å². The van der Waals surface area contributed by atoms with Crippen LogP contribution >= 0.6 is 0 Å². The Labute approximate surface area is 179 Å². The number of nitrogens with zero attached hydrogens (tertiary/aromatic N) is 1. The van der Waals surface area contributed by atoms with Crippen LogP contribution in [-0.2, 0) is 22.7 Å². The molecule has 0 saturated carbocycles. The largest absolute Gasteiger partial charge is 0.352 e. The van der Waals surface area contributed by atoms with Gasteiger partial charge in [-0.1, -0.05) is 60.5 Å². The molecule has 1 fully saturated rings. The maximum Gasteiger partial charge on any atom is 0.222 e. The van der Waals surface area contributed by atoms with Crippen LogP contribution in [0.25, 0.3) is 0 Å². The normalized spacial score (nSPS) is 15.4. The van der Waals surface area contributed by atoms with Crippen molar-refractivity contribution in [2.75, 3.05) is 13.1 Å². The Morgan fingerprint density at radius 2 is 1.57 bits per heavy atom. The summed E-state index contributed by atoms with van der Waals surface area (Å²) in [6, 6.07) is 16.1. The number of carbonyl (C=O) groups is 2. The molecule has 2 N–H and O–H groups in total. The van der Waals surface area contributed by atoms with Crippen molar-refractivity contribution in [1.29, 1.82) is 0 Å². The third-order valence-electron chi connectivity index (χ3n) is 5.61. The number of benzene rings is 2. The smallest absolute Gasteiger partial charge is 0.222 e. The van der Waals surface area contributed by atoms with E-state index in [0.29, 0.717) is 6.54 Å². The maximum atomic E-state index is 12.5. The number of nitrogens with one attached hydrogen (secondary N) is 2. The minimum Gasteiger partial charge on any atom is -0.352 e. The van der Waals surface area contributed by atoms with Crippen LogP contribution in [0.3, 0.4) is 0 Å². The second-order valence-electron chi connectivity index (χ2n) is 8.30. The van der Waals surface area contributed by atoms with Crippen molar-refractivity contribution in [3.63, 3.8) is 0 Å². The van der Waals surface area contributed by atoms with Gasteiger partial charge in [0.15, 0.2) is 0 Å². The van der Waals surface area contributed by atoms with E-state index in [-0.39, 0.29) is 24.3 Å². The van der Waals surface area contributed by atoms with Gasteiger partial charge in [-0.3, -0.25) is 14.5 Å². The topological polar surface area (TPSA) is 61.4 Å². The fourth-order valence-corrected chi connectivity index (χ4v) is 3.89. The lowest BCUT2D eigenvalue weighted by Gasteiger charge is -2.26.